The highest BCUT2D eigenvalue weighted by Gasteiger charge is 2.26. The summed E-state index contributed by atoms with van der Waals surface area (Å²) in [4.78, 5) is 17.1. The first-order chi connectivity index (χ1) is 12.5. The second-order valence-electron chi connectivity index (χ2n) is 5.68. The minimum atomic E-state index is -0.505. The van der Waals surface area contributed by atoms with Crippen molar-refractivity contribution in [3.05, 3.63) is 58.1 Å². The molecule has 0 aromatic heterocycles. The summed E-state index contributed by atoms with van der Waals surface area (Å²) >= 11 is 8.93. The topological polar surface area (TPSA) is 59.9 Å². The molecule has 2 aromatic carbocycles. The lowest BCUT2D eigenvalue weighted by atomic mass is 10.00. The number of hydrogen-bond acceptors (Lipinski definition) is 5. The van der Waals surface area contributed by atoms with Gasteiger partial charge in [0.1, 0.15) is 16.8 Å². The molecule has 0 aliphatic carbocycles. The van der Waals surface area contributed by atoms with Crippen LogP contribution in [0.1, 0.15) is 17.5 Å². The van der Waals surface area contributed by atoms with Crippen LogP contribution in [0.3, 0.4) is 0 Å². The van der Waals surface area contributed by atoms with Gasteiger partial charge in [-0.25, -0.2) is 0 Å². The first-order valence-corrected chi connectivity index (χ1v) is 9.11. The lowest BCUT2D eigenvalue weighted by Crippen LogP contribution is -2.26. The molecule has 1 aliphatic heterocycles. The Bertz CT molecular complexity index is 881. The summed E-state index contributed by atoms with van der Waals surface area (Å²) < 4.78 is 11.1. The largest absolute Gasteiger partial charge is 0.497 e. The summed E-state index contributed by atoms with van der Waals surface area (Å²) in [5, 5.41) is 3.21. The highest BCUT2D eigenvalue weighted by molar-refractivity contribution is 9.10. The molecular weight excluding hydrogens is 416 g/mol. The molecule has 0 spiro atoms. The molecule has 1 heterocycles. The number of benzene rings is 2. The van der Waals surface area contributed by atoms with Crippen molar-refractivity contribution in [3.8, 4) is 5.75 Å². The van der Waals surface area contributed by atoms with Crippen LogP contribution in [0.2, 0.25) is 0 Å². The number of carbonyl (C=O) groups excluding carboxylic acids is 1. The van der Waals surface area contributed by atoms with Crippen molar-refractivity contribution in [2.24, 2.45) is 4.99 Å². The SMILES string of the molecule is COC(=O)CC1N=C(c2ccc(Br)cc2)c2cc(OC)ccc2NC1=S. The fraction of sp³-hybridized carbons (Fsp3) is 0.211. The standard InChI is InChI=1S/C19H17BrN2O3S/c1-24-13-7-8-15-14(9-13)18(11-3-5-12(20)6-4-11)21-16(19(26)22-15)10-17(23)25-2/h3-9,16H,10H2,1-2H3,(H,22,26). The molecular formula is C19H17BrN2O3S. The minimum absolute atomic E-state index is 0.0769. The van der Waals surface area contributed by atoms with Gasteiger partial charge in [0.2, 0.25) is 0 Å². The van der Waals surface area contributed by atoms with Crippen molar-refractivity contribution >= 4 is 50.5 Å². The van der Waals surface area contributed by atoms with Crippen LogP contribution in [-0.4, -0.2) is 36.9 Å². The van der Waals surface area contributed by atoms with Gasteiger partial charge in [-0.05, 0) is 30.3 Å². The number of rotatable bonds is 4. The van der Waals surface area contributed by atoms with E-state index in [9.17, 15) is 4.79 Å². The molecule has 0 fully saturated rings. The smallest absolute Gasteiger partial charge is 0.308 e. The number of nitrogens with one attached hydrogen (secondary N) is 1. The van der Waals surface area contributed by atoms with E-state index in [4.69, 9.17) is 26.7 Å². The van der Waals surface area contributed by atoms with Crippen LogP contribution in [0.25, 0.3) is 0 Å². The summed E-state index contributed by atoms with van der Waals surface area (Å²) in [7, 11) is 2.97. The van der Waals surface area contributed by atoms with Crippen LogP contribution in [-0.2, 0) is 9.53 Å². The maximum atomic E-state index is 11.8. The van der Waals surface area contributed by atoms with E-state index in [-0.39, 0.29) is 12.4 Å². The summed E-state index contributed by atoms with van der Waals surface area (Å²) in [6.45, 7) is 0. The molecule has 0 amide bonds. The average Bonchev–Trinajstić information content (AvgIpc) is 2.78. The van der Waals surface area contributed by atoms with Crippen molar-refractivity contribution in [3.63, 3.8) is 0 Å². The van der Waals surface area contributed by atoms with Crippen LogP contribution < -0.4 is 10.1 Å². The molecule has 1 unspecified atom stereocenters. The second kappa shape index (κ2) is 7.97. The normalized spacial score (nSPS) is 16.0. The van der Waals surface area contributed by atoms with Gasteiger partial charge < -0.3 is 14.8 Å². The molecule has 0 radical (unpaired) electrons. The third-order valence-corrected chi connectivity index (χ3v) is 4.94. The van der Waals surface area contributed by atoms with Gasteiger partial charge in [0.25, 0.3) is 0 Å². The fourth-order valence-corrected chi connectivity index (χ4v) is 3.18. The Balaban J connectivity index is 2.15. The fourth-order valence-electron chi connectivity index (χ4n) is 2.67. The van der Waals surface area contributed by atoms with Crippen LogP contribution in [0.15, 0.2) is 51.9 Å². The van der Waals surface area contributed by atoms with Crippen molar-refractivity contribution in [2.75, 3.05) is 19.5 Å². The van der Waals surface area contributed by atoms with Crippen LogP contribution in [0, 0.1) is 0 Å². The van der Waals surface area contributed by atoms with Gasteiger partial charge >= 0.3 is 5.97 Å². The monoisotopic (exact) mass is 432 g/mol. The Hall–Kier alpha value is -2.25. The van der Waals surface area contributed by atoms with Gasteiger partial charge in [-0.15, -0.1) is 0 Å². The molecule has 1 aliphatic rings. The number of fused-ring (bicyclic) bond motifs is 1. The molecule has 26 heavy (non-hydrogen) atoms. The third-order valence-electron chi connectivity index (χ3n) is 4.03. The summed E-state index contributed by atoms with van der Waals surface area (Å²) in [6.07, 6.45) is 0.0769. The predicted molar refractivity (Wildman–Crippen MR) is 109 cm³/mol. The van der Waals surface area contributed by atoms with Gasteiger partial charge in [-0.1, -0.05) is 40.3 Å². The number of hydrogen-bond donors (Lipinski definition) is 1. The average molecular weight is 433 g/mol. The molecule has 5 nitrogen and oxygen atoms in total. The van der Waals surface area contributed by atoms with E-state index in [2.05, 4.69) is 21.2 Å². The maximum absolute atomic E-state index is 11.8. The number of benzodiazepines with no additional fused rings is 1. The van der Waals surface area contributed by atoms with Gasteiger partial charge in [0.05, 0.1) is 26.4 Å². The van der Waals surface area contributed by atoms with Crippen molar-refractivity contribution < 1.29 is 14.3 Å². The number of anilines is 1. The number of thiocarbonyl (C=S) groups is 1. The zero-order valence-electron chi connectivity index (χ0n) is 14.3. The van der Waals surface area contributed by atoms with Gasteiger partial charge in [-0.3, -0.25) is 9.79 Å². The van der Waals surface area contributed by atoms with Crippen LogP contribution in [0.5, 0.6) is 5.75 Å². The molecule has 7 heteroatoms. The first-order valence-electron chi connectivity index (χ1n) is 7.91. The van der Waals surface area contributed by atoms with Crippen LogP contribution in [0.4, 0.5) is 5.69 Å². The number of esters is 1. The van der Waals surface area contributed by atoms with Crippen molar-refractivity contribution in [2.45, 2.75) is 12.5 Å². The van der Waals surface area contributed by atoms with Gasteiger partial charge in [0.15, 0.2) is 0 Å². The number of ether oxygens (including phenoxy) is 2. The van der Waals surface area contributed by atoms with E-state index in [1.807, 2.05) is 42.5 Å². The van der Waals surface area contributed by atoms with Gasteiger partial charge in [-0.2, -0.15) is 0 Å². The quantitative estimate of drug-likeness (QED) is 0.584. The van der Waals surface area contributed by atoms with E-state index in [1.165, 1.54) is 7.11 Å². The zero-order valence-corrected chi connectivity index (χ0v) is 16.7. The highest BCUT2D eigenvalue weighted by atomic mass is 79.9. The number of aliphatic imine (C=N–C) groups is 1. The minimum Gasteiger partial charge on any atom is -0.497 e. The van der Waals surface area contributed by atoms with Gasteiger partial charge in [0, 0.05) is 21.3 Å². The summed E-state index contributed by atoms with van der Waals surface area (Å²) in [5.74, 6) is 0.356. The Kier molecular flexibility index (Phi) is 5.68. The lowest BCUT2D eigenvalue weighted by Gasteiger charge is -2.12. The molecule has 1 N–H and O–H groups in total. The summed E-state index contributed by atoms with van der Waals surface area (Å²) in [5.41, 5.74) is 3.35. The molecule has 3 rings (SSSR count). The number of nitrogens with zero attached hydrogens (tertiary/aromatic N) is 1. The summed E-state index contributed by atoms with van der Waals surface area (Å²) in [6, 6.07) is 13.0. The maximum Gasteiger partial charge on any atom is 0.308 e. The molecule has 2 aromatic rings. The van der Waals surface area contributed by atoms with Crippen molar-refractivity contribution in [1.29, 1.82) is 0 Å². The van der Waals surface area contributed by atoms with E-state index in [1.54, 1.807) is 7.11 Å². The lowest BCUT2D eigenvalue weighted by molar-refractivity contribution is -0.140. The van der Waals surface area contributed by atoms with E-state index in [0.717, 1.165) is 27.0 Å². The molecule has 0 saturated heterocycles. The molecule has 0 saturated carbocycles. The number of methoxy groups -OCH3 is 2. The Morgan fingerprint density at radius 3 is 2.62 bits per heavy atom. The van der Waals surface area contributed by atoms with E-state index >= 15 is 0 Å². The van der Waals surface area contributed by atoms with Crippen LogP contribution >= 0.6 is 28.1 Å². The second-order valence-corrected chi connectivity index (χ2v) is 7.04. The zero-order chi connectivity index (χ0) is 18.7. The van der Waals surface area contributed by atoms with E-state index < -0.39 is 6.04 Å². The molecule has 0 bridgehead atoms. The highest BCUT2D eigenvalue weighted by Crippen LogP contribution is 2.29. The van der Waals surface area contributed by atoms with Crippen molar-refractivity contribution in [1.82, 2.24) is 0 Å². The molecule has 1 atom stereocenters. The predicted octanol–water partition coefficient (Wildman–Crippen LogP) is 3.98. The number of halogens is 1. The third kappa shape index (κ3) is 3.94. The Morgan fingerprint density at radius 2 is 1.96 bits per heavy atom. The Labute approximate surface area is 165 Å². The van der Waals surface area contributed by atoms with E-state index in [0.29, 0.717) is 10.7 Å². The number of carbonyl (C=O) groups is 1. The Morgan fingerprint density at radius 1 is 1.23 bits per heavy atom. The first kappa shape index (κ1) is 18.5. The molecule has 134 valence electrons.